The Labute approximate surface area is 184 Å². The Bertz CT molecular complexity index is 1130. The van der Waals surface area contributed by atoms with Crippen LogP contribution in [0.1, 0.15) is 42.4 Å². The van der Waals surface area contributed by atoms with Gasteiger partial charge in [-0.2, -0.15) is 0 Å². The Balaban J connectivity index is 1.32. The number of carbonyl (C=O) groups excluding carboxylic acids is 4. The molecule has 2 aromatic carbocycles. The minimum atomic E-state index is -0.642. The largest absolute Gasteiger partial charge is 0.467 e. The number of carbonyl (C=O) groups is 4. The molecule has 32 heavy (non-hydrogen) atoms. The highest BCUT2D eigenvalue weighted by Gasteiger charge is 2.34. The van der Waals surface area contributed by atoms with Gasteiger partial charge in [0.15, 0.2) is 6.61 Å². The van der Waals surface area contributed by atoms with Gasteiger partial charge in [0.1, 0.15) is 5.76 Å². The second kappa shape index (κ2) is 8.89. The summed E-state index contributed by atoms with van der Waals surface area (Å²) in [6.07, 6.45) is 1.52. The lowest BCUT2D eigenvalue weighted by molar-refractivity contribution is -0.133. The predicted octanol–water partition coefficient (Wildman–Crippen LogP) is 2.89. The smallest absolute Gasteiger partial charge is 0.338 e. The number of nitrogens with zero attached hydrogens (tertiary/aromatic N) is 2. The predicted molar refractivity (Wildman–Crippen MR) is 113 cm³/mol. The number of amides is 3. The lowest BCUT2D eigenvalue weighted by Crippen LogP contribution is -2.30. The molecule has 1 aliphatic rings. The molecule has 3 aromatic rings. The molecular formula is C24H20N2O6. The number of imide groups is 1. The maximum absolute atomic E-state index is 12.5. The van der Waals surface area contributed by atoms with E-state index in [-0.39, 0.29) is 36.4 Å². The molecule has 4 rings (SSSR count). The van der Waals surface area contributed by atoms with E-state index in [0.29, 0.717) is 22.5 Å². The van der Waals surface area contributed by atoms with Crippen molar-refractivity contribution in [2.45, 2.75) is 13.1 Å². The van der Waals surface area contributed by atoms with E-state index in [1.54, 1.807) is 55.6 Å². The van der Waals surface area contributed by atoms with Gasteiger partial charge in [0, 0.05) is 7.05 Å². The van der Waals surface area contributed by atoms with Gasteiger partial charge in [-0.3, -0.25) is 19.3 Å². The molecule has 0 spiro atoms. The molecule has 162 valence electrons. The zero-order valence-electron chi connectivity index (χ0n) is 17.3. The summed E-state index contributed by atoms with van der Waals surface area (Å²) in [4.78, 5) is 51.9. The molecule has 0 saturated carbocycles. The number of benzene rings is 2. The van der Waals surface area contributed by atoms with E-state index in [9.17, 15) is 19.2 Å². The molecule has 1 aromatic heterocycles. The Morgan fingerprint density at radius 3 is 2.19 bits per heavy atom. The molecule has 8 nitrogen and oxygen atoms in total. The first-order chi connectivity index (χ1) is 15.4. The number of rotatable bonds is 7. The summed E-state index contributed by atoms with van der Waals surface area (Å²) in [5.41, 5.74) is 1.72. The van der Waals surface area contributed by atoms with Crippen LogP contribution in [-0.4, -0.2) is 47.1 Å². The molecule has 3 amide bonds. The van der Waals surface area contributed by atoms with E-state index in [1.165, 1.54) is 28.2 Å². The van der Waals surface area contributed by atoms with Crippen molar-refractivity contribution in [2.75, 3.05) is 13.7 Å². The highest BCUT2D eigenvalue weighted by atomic mass is 16.5. The zero-order valence-corrected chi connectivity index (χ0v) is 17.3. The second-order valence-electron chi connectivity index (χ2n) is 7.34. The molecule has 0 fully saturated rings. The van der Waals surface area contributed by atoms with Crippen molar-refractivity contribution in [3.63, 3.8) is 0 Å². The summed E-state index contributed by atoms with van der Waals surface area (Å²) in [6, 6.07) is 16.5. The van der Waals surface area contributed by atoms with E-state index in [0.717, 1.165) is 0 Å². The fourth-order valence-corrected chi connectivity index (χ4v) is 3.36. The average molecular weight is 432 g/mol. The van der Waals surface area contributed by atoms with Gasteiger partial charge in [0.2, 0.25) is 0 Å². The summed E-state index contributed by atoms with van der Waals surface area (Å²) in [7, 11) is 1.59. The summed E-state index contributed by atoms with van der Waals surface area (Å²) in [5, 5.41) is 0. The van der Waals surface area contributed by atoms with Gasteiger partial charge in [-0.25, -0.2) is 4.79 Å². The van der Waals surface area contributed by atoms with Crippen LogP contribution >= 0.6 is 0 Å². The van der Waals surface area contributed by atoms with Gasteiger partial charge in [-0.15, -0.1) is 0 Å². The SMILES string of the molecule is CN(Cc1ccco1)C(=O)COC(=O)c1ccc(CN2C(=O)c3ccccc3C2=O)cc1. The topological polar surface area (TPSA) is 97.1 Å². The van der Waals surface area contributed by atoms with Gasteiger partial charge in [0.05, 0.1) is 36.0 Å². The monoisotopic (exact) mass is 432 g/mol. The number of esters is 1. The standard InChI is InChI=1S/C24H20N2O6/c1-25(14-18-5-4-12-31-18)21(27)15-32-24(30)17-10-8-16(9-11-17)13-26-22(28)19-6-2-3-7-20(19)23(26)29/h2-12H,13-15H2,1H3. The lowest BCUT2D eigenvalue weighted by atomic mass is 10.1. The molecule has 0 atom stereocenters. The summed E-state index contributed by atoms with van der Waals surface area (Å²) >= 11 is 0. The highest BCUT2D eigenvalue weighted by molar-refractivity contribution is 6.21. The Morgan fingerprint density at radius 1 is 0.938 bits per heavy atom. The summed E-state index contributed by atoms with van der Waals surface area (Å²) < 4.78 is 10.3. The van der Waals surface area contributed by atoms with Gasteiger partial charge < -0.3 is 14.1 Å². The Kier molecular flexibility index (Phi) is 5.85. The van der Waals surface area contributed by atoms with Crippen LogP contribution in [0, 0.1) is 0 Å². The van der Waals surface area contributed by atoms with Gasteiger partial charge in [0.25, 0.3) is 17.7 Å². The minimum Gasteiger partial charge on any atom is -0.467 e. The maximum Gasteiger partial charge on any atom is 0.338 e. The number of furan rings is 1. The van der Waals surface area contributed by atoms with Gasteiger partial charge in [-0.05, 0) is 42.0 Å². The molecule has 0 unspecified atom stereocenters. The summed E-state index contributed by atoms with van der Waals surface area (Å²) in [5.74, 6) is -1.06. The first kappa shape index (κ1) is 21.0. The fraction of sp³-hybridized carbons (Fsp3) is 0.167. The minimum absolute atomic E-state index is 0.0950. The molecule has 0 bridgehead atoms. The molecule has 8 heteroatoms. The molecule has 0 N–H and O–H groups in total. The van der Waals surface area contributed by atoms with Crippen molar-refractivity contribution in [3.8, 4) is 0 Å². The van der Waals surface area contributed by atoms with Crippen molar-refractivity contribution in [1.29, 1.82) is 0 Å². The quantitative estimate of drug-likeness (QED) is 0.421. The maximum atomic E-state index is 12.5. The van der Waals surface area contributed by atoms with E-state index in [2.05, 4.69) is 0 Å². The Hall–Kier alpha value is -4.20. The van der Waals surface area contributed by atoms with E-state index < -0.39 is 12.6 Å². The highest BCUT2D eigenvalue weighted by Crippen LogP contribution is 2.24. The summed E-state index contributed by atoms with van der Waals surface area (Å²) in [6.45, 7) is -0.0273. The lowest BCUT2D eigenvalue weighted by Gasteiger charge is -2.16. The number of hydrogen-bond acceptors (Lipinski definition) is 6. The van der Waals surface area contributed by atoms with Crippen LogP contribution in [0.15, 0.2) is 71.3 Å². The third-order valence-corrected chi connectivity index (χ3v) is 5.13. The third-order valence-electron chi connectivity index (χ3n) is 5.13. The number of likely N-dealkylation sites (N-methyl/N-ethyl adjacent to an activating group) is 1. The normalized spacial score (nSPS) is 12.6. The first-order valence-corrected chi connectivity index (χ1v) is 9.91. The van der Waals surface area contributed by atoms with Crippen molar-refractivity contribution in [2.24, 2.45) is 0 Å². The molecule has 2 heterocycles. The number of fused-ring (bicyclic) bond motifs is 1. The van der Waals surface area contributed by atoms with Crippen molar-refractivity contribution in [3.05, 3.63) is 94.9 Å². The molecule has 1 aliphatic heterocycles. The average Bonchev–Trinajstić information content (AvgIpc) is 3.40. The van der Waals surface area contributed by atoms with Gasteiger partial charge in [-0.1, -0.05) is 24.3 Å². The van der Waals surface area contributed by atoms with Crippen molar-refractivity contribution >= 4 is 23.7 Å². The van der Waals surface area contributed by atoms with Crippen molar-refractivity contribution < 1.29 is 28.3 Å². The van der Waals surface area contributed by atoms with E-state index in [1.807, 2.05) is 0 Å². The number of hydrogen-bond donors (Lipinski definition) is 0. The van der Waals surface area contributed by atoms with Crippen LogP contribution in [0.25, 0.3) is 0 Å². The zero-order chi connectivity index (χ0) is 22.7. The molecule has 0 aliphatic carbocycles. The third kappa shape index (κ3) is 4.29. The molecule has 0 radical (unpaired) electrons. The molecular weight excluding hydrogens is 412 g/mol. The van der Waals surface area contributed by atoms with Crippen LogP contribution in [-0.2, 0) is 22.6 Å². The van der Waals surface area contributed by atoms with Crippen LogP contribution < -0.4 is 0 Å². The first-order valence-electron chi connectivity index (χ1n) is 9.91. The van der Waals surface area contributed by atoms with E-state index >= 15 is 0 Å². The Morgan fingerprint density at radius 2 is 1.59 bits per heavy atom. The fourth-order valence-electron chi connectivity index (χ4n) is 3.36. The van der Waals surface area contributed by atoms with E-state index in [4.69, 9.17) is 9.15 Å². The van der Waals surface area contributed by atoms with Crippen LogP contribution in [0.5, 0.6) is 0 Å². The van der Waals surface area contributed by atoms with Crippen molar-refractivity contribution in [1.82, 2.24) is 9.80 Å². The van der Waals surface area contributed by atoms with Crippen LogP contribution in [0.3, 0.4) is 0 Å². The number of ether oxygens (including phenoxy) is 1. The van der Waals surface area contributed by atoms with Crippen LogP contribution in [0.2, 0.25) is 0 Å². The van der Waals surface area contributed by atoms with Crippen LogP contribution in [0.4, 0.5) is 0 Å². The van der Waals surface area contributed by atoms with Gasteiger partial charge >= 0.3 is 5.97 Å². The second-order valence-corrected chi connectivity index (χ2v) is 7.34. The molecule has 0 saturated heterocycles.